The molecule has 0 unspecified atom stereocenters. The van der Waals surface area contributed by atoms with Crippen LogP contribution in [-0.2, 0) is 4.79 Å². The van der Waals surface area contributed by atoms with Gasteiger partial charge < -0.3 is 24.8 Å². The van der Waals surface area contributed by atoms with Gasteiger partial charge in [0, 0.05) is 55.7 Å². The van der Waals surface area contributed by atoms with Crippen molar-refractivity contribution in [1.82, 2.24) is 15.2 Å². The Bertz CT molecular complexity index is 987. The summed E-state index contributed by atoms with van der Waals surface area (Å²) in [7, 11) is 1.65. The molecule has 1 aliphatic rings. The first-order valence-corrected chi connectivity index (χ1v) is 10.2. The van der Waals surface area contributed by atoms with Crippen LogP contribution in [-0.4, -0.2) is 61.5 Å². The second kappa shape index (κ2) is 8.90. The topological polar surface area (TPSA) is 77.7 Å². The number of aromatic nitrogens is 1. The second-order valence-electron chi connectivity index (χ2n) is 7.34. The molecule has 1 fully saturated rings. The Hall–Kier alpha value is -3.48. The number of anilines is 1. The van der Waals surface area contributed by atoms with Crippen molar-refractivity contribution < 1.29 is 14.3 Å². The van der Waals surface area contributed by atoms with Crippen LogP contribution >= 0.6 is 0 Å². The first-order valence-electron chi connectivity index (χ1n) is 10.2. The third-order valence-corrected chi connectivity index (χ3v) is 5.47. The van der Waals surface area contributed by atoms with Crippen LogP contribution in [0.2, 0.25) is 0 Å². The Kier molecular flexibility index (Phi) is 5.88. The molecule has 7 heteroatoms. The predicted molar refractivity (Wildman–Crippen MR) is 117 cm³/mol. The first kappa shape index (κ1) is 19.8. The molecule has 30 heavy (non-hydrogen) atoms. The van der Waals surface area contributed by atoms with Crippen LogP contribution in [0.3, 0.4) is 0 Å². The number of fused-ring (bicyclic) bond motifs is 1. The van der Waals surface area contributed by atoms with Crippen molar-refractivity contribution >= 4 is 28.4 Å². The molecule has 0 atom stereocenters. The molecule has 1 aromatic heterocycles. The zero-order valence-electron chi connectivity index (χ0n) is 17.1. The lowest BCUT2D eigenvalue weighted by atomic mass is 10.2. The molecule has 0 saturated carbocycles. The van der Waals surface area contributed by atoms with Crippen molar-refractivity contribution in [1.29, 1.82) is 0 Å². The van der Waals surface area contributed by atoms with Gasteiger partial charge >= 0.3 is 0 Å². The molecule has 3 aromatic rings. The molecule has 1 aliphatic heterocycles. The number of carbonyl (C=O) groups is 2. The van der Waals surface area contributed by atoms with E-state index in [1.807, 2.05) is 59.5 Å². The highest BCUT2D eigenvalue weighted by molar-refractivity contribution is 5.98. The number of nitrogens with one attached hydrogen (secondary N) is 2. The SMILES string of the molecule is COc1ccc(N2CCN(C(=O)CCNC(=O)c3cc4ccccc4[nH]3)CC2)cc1. The van der Waals surface area contributed by atoms with Gasteiger partial charge in [0.1, 0.15) is 11.4 Å². The van der Waals surface area contributed by atoms with Gasteiger partial charge in [-0.2, -0.15) is 0 Å². The summed E-state index contributed by atoms with van der Waals surface area (Å²) in [5, 5.41) is 3.83. The van der Waals surface area contributed by atoms with Crippen LogP contribution in [0.15, 0.2) is 54.6 Å². The average molecular weight is 406 g/mol. The number of amides is 2. The summed E-state index contributed by atoms with van der Waals surface area (Å²) in [4.78, 5) is 32.1. The minimum absolute atomic E-state index is 0.0707. The smallest absolute Gasteiger partial charge is 0.267 e. The zero-order chi connectivity index (χ0) is 20.9. The van der Waals surface area contributed by atoms with Crippen molar-refractivity contribution in [2.24, 2.45) is 0 Å². The van der Waals surface area contributed by atoms with Crippen molar-refractivity contribution in [3.63, 3.8) is 0 Å². The lowest BCUT2D eigenvalue weighted by Crippen LogP contribution is -2.49. The van der Waals surface area contributed by atoms with E-state index in [9.17, 15) is 9.59 Å². The third-order valence-electron chi connectivity index (χ3n) is 5.47. The number of carbonyl (C=O) groups excluding carboxylic acids is 2. The summed E-state index contributed by atoms with van der Waals surface area (Å²) >= 11 is 0. The standard InChI is InChI=1S/C23H26N4O3/c1-30-19-8-6-18(7-9-19)26-12-14-27(15-13-26)22(28)10-11-24-23(29)21-16-17-4-2-3-5-20(17)25-21/h2-9,16,25H,10-15H2,1H3,(H,24,29). The highest BCUT2D eigenvalue weighted by Crippen LogP contribution is 2.20. The molecule has 1 saturated heterocycles. The highest BCUT2D eigenvalue weighted by Gasteiger charge is 2.21. The van der Waals surface area contributed by atoms with Crippen LogP contribution in [0, 0.1) is 0 Å². The summed E-state index contributed by atoms with van der Waals surface area (Å²) in [5.74, 6) is 0.715. The maximum absolute atomic E-state index is 12.5. The Labute approximate surface area is 175 Å². The lowest BCUT2D eigenvalue weighted by Gasteiger charge is -2.36. The number of hydrogen-bond acceptors (Lipinski definition) is 4. The van der Waals surface area contributed by atoms with Gasteiger partial charge in [0.15, 0.2) is 0 Å². The summed E-state index contributed by atoms with van der Waals surface area (Å²) < 4.78 is 5.20. The average Bonchev–Trinajstić information content (AvgIpc) is 3.24. The lowest BCUT2D eigenvalue weighted by molar-refractivity contribution is -0.131. The van der Waals surface area contributed by atoms with Crippen LogP contribution in [0.25, 0.3) is 10.9 Å². The molecule has 4 rings (SSSR count). The van der Waals surface area contributed by atoms with Crippen LogP contribution in [0.1, 0.15) is 16.9 Å². The van der Waals surface area contributed by atoms with E-state index in [1.54, 1.807) is 7.11 Å². The van der Waals surface area contributed by atoms with Gasteiger partial charge in [-0.1, -0.05) is 18.2 Å². The minimum atomic E-state index is -0.191. The molecule has 0 radical (unpaired) electrons. The van der Waals surface area contributed by atoms with Gasteiger partial charge in [0.05, 0.1) is 7.11 Å². The van der Waals surface area contributed by atoms with E-state index >= 15 is 0 Å². The molecule has 0 spiro atoms. The van der Waals surface area contributed by atoms with E-state index < -0.39 is 0 Å². The summed E-state index contributed by atoms with van der Waals surface area (Å²) in [6.07, 6.45) is 0.300. The van der Waals surface area contributed by atoms with E-state index in [-0.39, 0.29) is 11.8 Å². The van der Waals surface area contributed by atoms with E-state index in [2.05, 4.69) is 15.2 Å². The number of methoxy groups -OCH3 is 1. The monoisotopic (exact) mass is 406 g/mol. The van der Waals surface area contributed by atoms with Crippen molar-refractivity contribution in [2.45, 2.75) is 6.42 Å². The molecule has 2 amide bonds. The fourth-order valence-electron chi connectivity index (χ4n) is 3.74. The largest absolute Gasteiger partial charge is 0.497 e. The maximum atomic E-state index is 12.5. The molecule has 0 bridgehead atoms. The number of ether oxygens (including phenoxy) is 1. The molecule has 2 heterocycles. The van der Waals surface area contributed by atoms with Gasteiger partial charge in [-0.05, 0) is 36.4 Å². The normalized spacial score (nSPS) is 14.0. The third kappa shape index (κ3) is 4.40. The van der Waals surface area contributed by atoms with E-state index in [0.29, 0.717) is 31.7 Å². The summed E-state index contributed by atoms with van der Waals surface area (Å²) in [6.45, 7) is 3.27. The van der Waals surface area contributed by atoms with Gasteiger partial charge in [-0.15, -0.1) is 0 Å². The molecular formula is C23H26N4O3. The number of nitrogens with zero attached hydrogens (tertiary/aromatic N) is 2. The zero-order valence-corrected chi connectivity index (χ0v) is 17.1. The minimum Gasteiger partial charge on any atom is -0.497 e. The van der Waals surface area contributed by atoms with Crippen LogP contribution in [0.5, 0.6) is 5.75 Å². The van der Waals surface area contributed by atoms with Crippen molar-refractivity contribution in [2.75, 3.05) is 44.7 Å². The van der Waals surface area contributed by atoms with Gasteiger partial charge in [0.2, 0.25) is 5.91 Å². The Morgan fingerprint density at radius 1 is 1.03 bits per heavy atom. The molecule has 2 N–H and O–H groups in total. The molecule has 156 valence electrons. The van der Waals surface area contributed by atoms with Gasteiger partial charge in [-0.25, -0.2) is 0 Å². The molecular weight excluding hydrogens is 380 g/mol. The summed E-state index contributed by atoms with van der Waals surface area (Å²) in [5.41, 5.74) is 2.57. The fourth-order valence-corrected chi connectivity index (χ4v) is 3.74. The van der Waals surface area contributed by atoms with Crippen LogP contribution < -0.4 is 15.0 Å². The number of rotatable bonds is 6. The Balaban J connectivity index is 1.22. The van der Waals surface area contributed by atoms with E-state index in [1.165, 1.54) is 0 Å². The number of benzene rings is 2. The number of para-hydroxylation sites is 1. The number of H-pyrrole nitrogens is 1. The molecule has 0 aliphatic carbocycles. The number of hydrogen-bond donors (Lipinski definition) is 2. The van der Waals surface area contributed by atoms with E-state index in [4.69, 9.17) is 4.74 Å². The first-order chi connectivity index (χ1) is 14.6. The summed E-state index contributed by atoms with van der Waals surface area (Å²) in [6, 6.07) is 17.5. The Morgan fingerprint density at radius 2 is 1.77 bits per heavy atom. The second-order valence-corrected chi connectivity index (χ2v) is 7.34. The highest BCUT2D eigenvalue weighted by atomic mass is 16.5. The Morgan fingerprint density at radius 3 is 2.47 bits per heavy atom. The van der Waals surface area contributed by atoms with Crippen molar-refractivity contribution in [3.05, 3.63) is 60.3 Å². The fraction of sp³-hybridized carbons (Fsp3) is 0.304. The quantitative estimate of drug-likeness (QED) is 0.660. The molecule has 7 nitrogen and oxygen atoms in total. The van der Waals surface area contributed by atoms with Gasteiger partial charge in [0.25, 0.3) is 5.91 Å². The van der Waals surface area contributed by atoms with Gasteiger partial charge in [-0.3, -0.25) is 9.59 Å². The van der Waals surface area contributed by atoms with Crippen LogP contribution in [0.4, 0.5) is 5.69 Å². The van der Waals surface area contributed by atoms with E-state index in [0.717, 1.165) is 35.4 Å². The number of piperazine rings is 1. The maximum Gasteiger partial charge on any atom is 0.267 e. The predicted octanol–water partition coefficient (Wildman–Crippen LogP) is 2.65. The van der Waals surface area contributed by atoms with Crippen molar-refractivity contribution in [3.8, 4) is 5.75 Å². The molecule has 2 aromatic carbocycles. The number of aromatic amines is 1.